The van der Waals surface area contributed by atoms with Crippen molar-refractivity contribution >= 4 is 5.78 Å². The van der Waals surface area contributed by atoms with Crippen LogP contribution >= 0.6 is 0 Å². The Morgan fingerprint density at radius 2 is 1.11 bits per heavy atom. The summed E-state index contributed by atoms with van der Waals surface area (Å²) in [6.07, 6.45) is 3.00. The third kappa shape index (κ3) is 2.97. The van der Waals surface area contributed by atoms with Gasteiger partial charge in [0.15, 0.2) is 0 Å². The molecule has 0 saturated carbocycles. The molecule has 0 saturated heterocycles. The molecular weight excluding hydrogens is 356 g/mol. The molecule has 0 unspecified atom stereocenters. The van der Waals surface area contributed by atoms with Crippen LogP contribution in [0.2, 0.25) is 0 Å². The number of rotatable bonds is 6. The molecule has 5 heteroatoms. The Labute approximate surface area is 162 Å². The van der Waals surface area contributed by atoms with Crippen LogP contribution in [0.1, 0.15) is 15.9 Å². The Hall–Kier alpha value is -3.73. The highest BCUT2D eigenvalue weighted by molar-refractivity contribution is 6.15. The first-order chi connectivity index (χ1) is 13.7. The van der Waals surface area contributed by atoms with Gasteiger partial charge in [0.1, 0.15) is 23.0 Å². The predicted molar refractivity (Wildman–Crippen MR) is 105 cm³/mol. The Balaban J connectivity index is 1.80. The molecule has 2 aromatic heterocycles. The summed E-state index contributed by atoms with van der Waals surface area (Å²) in [5.41, 5.74) is 2.28. The number of benzene rings is 2. The number of hydrogen-bond acceptors (Lipinski definition) is 5. The fourth-order valence-electron chi connectivity index (χ4n) is 3.20. The summed E-state index contributed by atoms with van der Waals surface area (Å²) in [5.74, 6) is 1.96. The first-order valence-corrected chi connectivity index (χ1v) is 8.71. The molecule has 5 nitrogen and oxygen atoms in total. The van der Waals surface area contributed by atoms with E-state index in [1.807, 2.05) is 48.5 Å². The van der Waals surface area contributed by atoms with Gasteiger partial charge in [-0.05, 0) is 36.4 Å². The average molecular weight is 374 g/mol. The quantitative estimate of drug-likeness (QED) is 0.420. The maximum atomic E-state index is 13.4. The maximum absolute atomic E-state index is 13.4. The number of carbonyl (C=O) groups excluding carboxylic acids is 1. The number of carbonyl (C=O) groups is 1. The Bertz CT molecular complexity index is 1030. The lowest BCUT2D eigenvalue weighted by Gasteiger charge is -2.09. The second-order valence-electron chi connectivity index (χ2n) is 6.06. The van der Waals surface area contributed by atoms with Crippen molar-refractivity contribution in [1.29, 1.82) is 0 Å². The van der Waals surface area contributed by atoms with Gasteiger partial charge in [-0.3, -0.25) is 4.79 Å². The zero-order chi connectivity index (χ0) is 19.5. The van der Waals surface area contributed by atoms with E-state index in [1.165, 1.54) is 12.5 Å². The molecule has 0 N–H and O–H groups in total. The van der Waals surface area contributed by atoms with E-state index < -0.39 is 0 Å². The van der Waals surface area contributed by atoms with Gasteiger partial charge in [0, 0.05) is 0 Å². The molecular formula is C23H18O5. The van der Waals surface area contributed by atoms with Gasteiger partial charge in [-0.15, -0.1) is 0 Å². The van der Waals surface area contributed by atoms with Gasteiger partial charge in [-0.2, -0.15) is 0 Å². The molecule has 2 heterocycles. The standard InChI is InChI=1S/C23H18O5/c1-25-19-9-5-3-7-15(19)22-17(11-13-27-22)21(24)18-12-14-28-23(18)16-8-4-6-10-20(16)26-2/h3-14H,1-2H3. The highest BCUT2D eigenvalue weighted by Gasteiger charge is 2.25. The Morgan fingerprint density at radius 3 is 1.54 bits per heavy atom. The lowest BCUT2D eigenvalue weighted by Crippen LogP contribution is -2.03. The number of para-hydroxylation sites is 2. The zero-order valence-corrected chi connectivity index (χ0v) is 15.5. The van der Waals surface area contributed by atoms with Gasteiger partial charge in [-0.1, -0.05) is 24.3 Å². The number of methoxy groups -OCH3 is 2. The Kier molecular flexibility index (Phi) is 4.72. The second kappa shape index (κ2) is 7.48. The smallest absolute Gasteiger partial charge is 0.200 e. The van der Waals surface area contributed by atoms with Crippen molar-refractivity contribution in [2.45, 2.75) is 0 Å². The van der Waals surface area contributed by atoms with Gasteiger partial charge in [0.2, 0.25) is 5.78 Å². The van der Waals surface area contributed by atoms with Crippen LogP contribution in [0.25, 0.3) is 22.6 Å². The van der Waals surface area contributed by atoms with Crippen LogP contribution in [-0.4, -0.2) is 20.0 Å². The van der Waals surface area contributed by atoms with E-state index >= 15 is 0 Å². The van der Waals surface area contributed by atoms with Gasteiger partial charge in [-0.25, -0.2) is 0 Å². The normalized spacial score (nSPS) is 10.6. The third-order valence-corrected chi connectivity index (χ3v) is 4.52. The fraction of sp³-hybridized carbons (Fsp3) is 0.0870. The molecule has 4 rings (SSSR count). The molecule has 4 aromatic rings. The van der Waals surface area contributed by atoms with Crippen LogP contribution in [0.4, 0.5) is 0 Å². The van der Waals surface area contributed by atoms with Crippen LogP contribution in [0.5, 0.6) is 11.5 Å². The maximum Gasteiger partial charge on any atom is 0.200 e. The molecule has 2 aromatic carbocycles. The van der Waals surface area contributed by atoms with Crippen molar-refractivity contribution in [3.63, 3.8) is 0 Å². The average Bonchev–Trinajstić information content (AvgIpc) is 3.43. The molecule has 0 aliphatic carbocycles. The molecule has 140 valence electrons. The third-order valence-electron chi connectivity index (χ3n) is 4.52. The highest BCUT2D eigenvalue weighted by atomic mass is 16.5. The van der Waals surface area contributed by atoms with E-state index in [4.69, 9.17) is 18.3 Å². The first kappa shape index (κ1) is 17.7. The van der Waals surface area contributed by atoms with Crippen LogP contribution in [0, 0.1) is 0 Å². The molecule has 28 heavy (non-hydrogen) atoms. The zero-order valence-electron chi connectivity index (χ0n) is 15.5. The number of hydrogen-bond donors (Lipinski definition) is 0. The SMILES string of the molecule is COc1ccccc1-c1occc1C(=O)c1ccoc1-c1ccccc1OC. The van der Waals surface area contributed by atoms with Crippen LogP contribution in [0.3, 0.4) is 0 Å². The fourth-order valence-corrected chi connectivity index (χ4v) is 3.20. The largest absolute Gasteiger partial charge is 0.496 e. The molecule has 0 amide bonds. The summed E-state index contributed by atoms with van der Waals surface area (Å²) in [4.78, 5) is 13.4. The van der Waals surface area contributed by atoms with Crippen LogP contribution in [-0.2, 0) is 0 Å². The summed E-state index contributed by atoms with van der Waals surface area (Å²) in [7, 11) is 3.16. The highest BCUT2D eigenvalue weighted by Crippen LogP contribution is 2.37. The van der Waals surface area contributed by atoms with Gasteiger partial charge < -0.3 is 18.3 Å². The number of ketones is 1. The molecule has 0 atom stereocenters. The predicted octanol–water partition coefficient (Wildman–Crippen LogP) is 5.45. The van der Waals surface area contributed by atoms with Crippen molar-refractivity contribution < 1.29 is 23.1 Å². The molecule has 0 bridgehead atoms. The van der Waals surface area contributed by atoms with Crippen molar-refractivity contribution in [2.24, 2.45) is 0 Å². The topological polar surface area (TPSA) is 61.8 Å². The van der Waals surface area contributed by atoms with E-state index in [9.17, 15) is 4.79 Å². The number of ether oxygens (including phenoxy) is 2. The van der Waals surface area contributed by atoms with Crippen molar-refractivity contribution in [1.82, 2.24) is 0 Å². The van der Waals surface area contributed by atoms with Gasteiger partial charge in [0.25, 0.3) is 0 Å². The van der Waals surface area contributed by atoms with Gasteiger partial charge >= 0.3 is 0 Å². The number of furan rings is 2. The van der Waals surface area contributed by atoms with E-state index in [0.717, 1.165) is 0 Å². The van der Waals surface area contributed by atoms with E-state index in [-0.39, 0.29) is 5.78 Å². The van der Waals surface area contributed by atoms with E-state index in [2.05, 4.69) is 0 Å². The summed E-state index contributed by atoms with van der Waals surface area (Å²) in [5, 5.41) is 0. The Morgan fingerprint density at radius 1 is 0.679 bits per heavy atom. The lowest BCUT2D eigenvalue weighted by atomic mass is 9.98. The summed E-state index contributed by atoms with van der Waals surface area (Å²) in [6, 6.07) is 18.1. The second-order valence-corrected chi connectivity index (χ2v) is 6.06. The summed E-state index contributed by atoms with van der Waals surface area (Å²) >= 11 is 0. The van der Waals surface area contributed by atoms with Crippen molar-refractivity contribution in [3.05, 3.63) is 84.3 Å². The molecule has 0 aliphatic rings. The molecule has 0 radical (unpaired) electrons. The monoisotopic (exact) mass is 374 g/mol. The minimum atomic E-state index is -0.204. The molecule has 0 spiro atoms. The minimum Gasteiger partial charge on any atom is -0.496 e. The van der Waals surface area contributed by atoms with Crippen molar-refractivity contribution in [2.75, 3.05) is 14.2 Å². The van der Waals surface area contributed by atoms with E-state index in [1.54, 1.807) is 26.4 Å². The molecule has 0 aliphatic heterocycles. The lowest BCUT2D eigenvalue weighted by molar-refractivity contribution is 0.103. The van der Waals surface area contributed by atoms with Crippen molar-refractivity contribution in [3.8, 4) is 34.1 Å². The summed E-state index contributed by atoms with van der Waals surface area (Å²) in [6.45, 7) is 0. The minimum absolute atomic E-state index is 0.204. The van der Waals surface area contributed by atoms with Crippen LogP contribution in [0.15, 0.2) is 82.0 Å². The van der Waals surface area contributed by atoms with E-state index in [0.29, 0.717) is 45.3 Å². The van der Waals surface area contributed by atoms with Gasteiger partial charge in [0.05, 0.1) is 49.0 Å². The first-order valence-electron chi connectivity index (χ1n) is 8.71. The van der Waals surface area contributed by atoms with Crippen LogP contribution < -0.4 is 9.47 Å². The summed E-state index contributed by atoms with van der Waals surface area (Å²) < 4.78 is 22.1. The molecule has 0 fully saturated rings.